The van der Waals surface area contributed by atoms with Gasteiger partial charge in [-0.05, 0) is 55.2 Å². The summed E-state index contributed by atoms with van der Waals surface area (Å²) < 4.78 is 0. The molecule has 0 atom stereocenters. The molecule has 1 aliphatic rings. The lowest BCUT2D eigenvalue weighted by Crippen LogP contribution is -2.33. The molecular formula is C24H26N4O. The highest BCUT2D eigenvalue weighted by atomic mass is 16.1. The van der Waals surface area contributed by atoms with Gasteiger partial charge >= 0.3 is 0 Å². The molecule has 5 heteroatoms. The number of nitrogens with two attached hydrogens (primary N) is 1. The van der Waals surface area contributed by atoms with E-state index in [1.54, 1.807) is 6.07 Å². The first-order chi connectivity index (χ1) is 14.2. The van der Waals surface area contributed by atoms with Gasteiger partial charge < -0.3 is 16.0 Å². The maximum atomic E-state index is 12.6. The zero-order chi connectivity index (χ0) is 20.1. The lowest BCUT2D eigenvalue weighted by molar-refractivity contribution is 0.0953. The van der Waals surface area contributed by atoms with E-state index in [0.717, 1.165) is 37.2 Å². The number of amides is 1. The number of rotatable bonds is 6. The predicted molar refractivity (Wildman–Crippen MR) is 118 cm³/mol. The maximum absolute atomic E-state index is 12.6. The minimum atomic E-state index is -0.0604. The largest absolute Gasteiger partial charge is 0.384 e. The number of pyridine rings is 1. The average molecular weight is 386 g/mol. The van der Waals surface area contributed by atoms with E-state index in [1.165, 1.54) is 17.7 Å². The fourth-order valence-corrected chi connectivity index (χ4v) is 3.85. The van der Waals surface area contributed by atoms with E-state index in [4.69, 9.17) is 5.73 Å². The number of hydrogen-bond donors (Lipinski definition) is 2. The van der Waals surface area contributed by atoms with Gasteiger partial charge in [-0.15, -0.1) is 0 Å². The second-order valence-electron chi connectivity index (χ2n) is 7.36. The van der Waals surface area contributed by atoms with Gasteiger partial charge in [0, 0.05) is 36.4 Å². The van der Waals surface area contributed by atoms with Gasteiger partial charge in [-0.3, -0.25) is 4.79 Å². The normalized spacial score (nSPS) is 13.0. The van der Waals surface area contributed by atoms with Crippen LogP contribution in [0.25, 0.3) is 11.3 Å². The Bertz CT molecular complexity index is 1000. The third kappa shape index (κ3) is 4.57. The van der Waals surface area contributed by atoms with E-state index in [9.17, 15) is 4.79 Å². The summed E-state index contributed by atoms with van der Waals surface area (Å²) in [5.74, 6) is 0.409. The van der Waals surface area contributed by atoms with Gasteiger partial charge in [-0.1, -0.05) is 36.4 Å². The second kappa shape index (κ2) is 8.78. The molecule has 0 spiro atoms. The number of nitrogen functional groups attached to an aromatic ring is 1. The molecule has 0 aliphatic carbocycles. The molecule has 5 nitrogen and oxygen atoms in total. The third-order valence-corrected chi connectivity index (χ3v) is 5.29. The van der Waals surface area contributed by atoms with Crippen molar-refractivity contribution in [3.8, 4) is 11.3 Å². The van der Waals surface area contributed by atoms with Crippen LogP contribution in [0.1, 0.15) is 28.8 Å². The van der Waals surface area contributed by atoms with Gasteiger partial charge in [0.1, 0.15) is 5.82 Å². The topological polar surface area (TPSA) is 71.2 Å². The van der Waals surface area contributed by atoms with Gasteiger partial charge in [-0.25, -0.2) is 4.98 Å². The van der Waals surface area contributed by atoms with E-state index in [1.807, 2.05) is 36.4 Å². The Morgan fingerprint density at radius 3 is 2.83 bits per heavy atom. The summed E-state index contributed by atoms with van der Waals surface area (Å²) in [5.41, 5.74) is 10.8. The number of benzene rings is 2. The molecule has 0 saturated heterocycles. The molecule has 1 aromatic heterocycles. The lowest BCUT2D eigenvalue weighted by atomic mass is 10.0. The Morgan fingerprint density at radius 1 is 1.07 bits per heavy atom. The van der Waals surface area contributed by atoms with E-state index >= 15 is 0 Å². The van der Waals surface area contributed by atoms with Crippen LogP contribution in [0, 0.1) is 0 Å². The van der Waals surface area contributed by atoms with Crippen LogP contribution in [0.15, 0.2) is 66.7 Å². The summed E-state index contributed by atoms with van der Waals surface area (Å²) in [6.07, 6.45) is 3.26. The first-order valence-corrected chi connectivity index (χ1v) is 10.1. The Labute approximate surface area is 171 Å². The summed E-state index contributed by atoms with van der Waals surface area (Å²) >= 11 is 0. The van der Waals surface area contributed by atoms with Crippen molar-refractivity contribution in [1.29, 1.82) is 0 Å². The van der Waals surface area contributed by atoms with Gasteiger partial charge in [0.15, 0.2) is 0 Å². The fourth-order valence-electron chi connectivity index (χ4n) is 3.85. The van der Waals surface area contributed by atoms with Crippen molar-refractivity contribution in [3.05, 3.63) is 77.9 Å². The SMILES string of the molecule is Nc1cccc(-c2cccc(C(=O)NCCCN3CCCc4ccccc43)c2)n1. The van der Waals surface area contributed by atoms with Crippen LogP contribution in [-0.2, 0) is 6.42 Å². The summed E-state index contributed by atoms with van der Waals surface area (Å²) in [4.78, 5) is 19.3. The van der Waals surface area contributed by atoms with Crippen molar-refractivity contribution in [2.45, 2.75) is 19.3 Å². The van der Waals surface area contributed by atoms with Crippen LogP contribution in [-0.4, -0.2) is 30.5 Å². The molecule has 2 heterocycles. The molecule has 1 amide bonds. The number of para-hydroxylation sites is 1. The highest BCUT2D eigenvalue weighted by molar-refractivity contribution is 5.95. The summed E-state index contributed by atoms with van der Waals surface area (Å²) in [5, 5.41) is 3.04. The molecule has 148 valence electrons. The summed E-state index contributed by atoms with van der Waals surface area (Å²) in [7, 11) is 0. The van der Waals surface area contributed by atoms with Crippen molar-refractivity contribution in [1.82, 2.24) is 10.3 Å². The molecule has 3 N–H and O–H groups in total. The van der Waals surface area contributed by atoms with Gasteiger partial charge in [-0.2, -0.15) is 0 Å². The molecule has 0 radical (unpaired) electrons. The Hall–Kier alpha value is -3.34. The van der Waals surface area contributed by atoms with Crippen LogP contribution in [0.3, 0.4) is 0 Å². The molecule has 3 aromatic rings. The van der Waals surface area contributed by atoms with Crippen LogP contribution >= 0.6 is 0 Å². The number of hydrogen-bond acceptors (Lipinski definition) is 4. The third-order valence-electron chi connectivity index (χ3n) is 5.29. The van der Waals surface area contributed by atoms with Gasteiger partial charge in [0.2, 0.25) is 0 Å². The number of nitrogens with zero attached hydrogens (tertiary/aromatic N) is 2. The Morgan fingerprint density at radius 2 is 1.93 bits per heavy atom. The number of anilines is 2. The molecule has 2 aromatic carbocycles. The van der Waals surface area contributed by atoms with Crippen LogP contribution in [0.2, 0.25) is 0 Å². The quantitative estimate of drug-likeness (QED) is 0.630. The maximum Gasteiger partial charge on any atom is 0.251 e. The van der Waals surface area contributed by atoms with Crippen molar-refractivity contribution in [2.24, 2.45) is 0 Å². The summed E-state index contributed by atoms with van der Waals surface area (Å²) in [6, 6.07) is 21.6. The van der Waals surface area contributed by atoms with Gasteiger partial charge in [0.25, 0.3) is 5.91 Å². The van der Waals surface area contributed by atoms with Crippen molar-refractivity contribution >= 4 is 17.4 Å². The zero-order valence-corrected chi connectivity index (χ0v) is 16.5. The first kappa shape index (κ1) is 19.0. The standard InChI is InChI=1S/C24H26N4O/c25-23-13-4-11-21(27-23)19-8-3-9-20(17-19)24(29)26-14-6-16-28-15-5-10-18-7-1-2-12-22(18)28/h1-4,7-9,11-13,17H,5-6,10,14-16H2,(H2,25,27)(H,26,29). The minimum absolute atomic E-state index is 0.0604. The molecule has 1 aliphatic heterocycles. The number of aromatic nitrogens is 1. The van der Waals surface area contributed by atoms with E-state index in [2.05, 4.69) is 39.5 Å². The highest BCUT2D eigenvalue weighted by Crippen LogP contribution is 2.26. The number of fused-ring (bicyclic) bond motifs is 1. The van der Waals surface area contributed by atoms with E-state index in [-0.39, 0.29) is 5.91 Å². The second-order valence-corrected chi connectivity index (χ2v) is 7.36. The van der Waals surface area contributed by atoms with Crippen LogP contribution in [0.4, 0.5) is 11.5 Å². The van der Waals surface area contributed by atoms with E-state index < -0.39 is 0 Å². The van der Waals surface area contributed by atoms with Crippen LogP contribution < -0.4 is 16.0 Å². The Kier molecular flexibility index (Phi) is 5.75. The summed E-state index contributed by atoms with van der Waals surface area (Å²) in [6.45, 7) is 2.68. The molecule has 29 heavy (non-hydrogen) atoms. The molecule has 0 saturated carbocycles. The number of nitrogens with one attached hydrogen (secondary N) is 1. The fraction of sp³-hybridized carbons (Fsp3) is 0.250. The number of carbonyl (C=O) groups excluding carboxylic acids is 1. The molecular weight excluding hydrogens is 360 g/mol. The van der Waals surface area contributed by atoms with Crippen molar-refractivity contribution in [2.75, 3.05) is 30.3 Å². The molecule has 0 fully saturated rings. The molecule has 0 bridgehead atoms. The van der Waals surface area contributed by atoms with Crippen molar-refractivity contribution < 1.29 is 4.79 Å². The zero-order valence-electron chi connectivity index (χ0n) is 16.5. The molecule has 0 unspecified atom stereocenters. The molecule has 4 rings (SSSR count). The Balaban J connectivity index is 1.32. The predicted octanol–water partition coefficient (Wildman–Crippen LogP) is 3.90. The van der Waals surface area contributed by atoms with Gasteiger partial charge in [0.05, 0.1) is 5.69 Å². The average Bonchev–Trinajstić information content (AvgIpc) is 2.77. The number of aryl methyl sites for hydroxylation is 1. The first-order valence-electron chi connectivity index (χ1n) is 10.1. The highest BCUT2D eigenvalue weighted by Gasteiger charge is 2.15. The van der Waals surface area contributed by atoms with E-state index in [0.29, 0.717) is 17.9 Å². The van der Waals surface area contributed by atoms with Crippen LogP contribution in [0.5, 0.6) is 0 Å². The minimum Gasteiger partial charge on any atom is -0.384 e. The monoisotopic (exact) mass is 386 g/mol. The smallest absolute Gasteiger partial charge is 0.251 e. The number of carbonyl (C=O) groups is 1. The lowest BCUT2D eigenvalue weighted by Gasteiger charge is -2.31. The van der Waals surface area contributed by atoms with Crippen molar-refractivity contribution in [3.63, 3.8) is 0 Å².